The van der Waals surface area contributed by atoms with Gasteiger partial charge in [0.05, 0.1) is 18.2 Å². The van der Waals surface area contributed by atoms with Gasteiger partial charge in [-0.1, -0.05) is 6.07 Å². The van der Waals surface area contributed by atoms with Gasteiger partial charge >= 0.3 is 0 Å². The molecular weight excluding hydrogens is 228 g/mol. The van der Waals surface area contributed by atoms with Gasteiger partial charge in [0.1, 0.15) is 11.8 Å². The van der Waals surface area contributed by atoms with Gasteiger partial charge in [-0.2, -0.15) is 5.26 Å². The summed E-state index contributed by atoms with van der Waals surface area (Å²) in [5, 5.41) is 8.83. The molecule has 4 heteroatoms. The monoisotopic (exact) mass is 238 g/mol. The van der Waals surface area contributed by atoms with Crippen LogP contribution in [-0.2, 0) is 0 Å². The molecule has 0 aliphatic carbocycles. The van der Waals surface area contributed by atoms with Gasteiger partial charge in [0.2, 0.25) is 0 Å². The lowest BCUT2D eigenvalue weighted by Crippen LogP contribution is -1.91. The highest BCUT2D eigenvalue weighted by Gasteiger charge is 2.06. The quantitative estimate of drug-likeness (QED) is 0.770. The number of carbonyl (C=O) groups is 1. The van der Waals surface area contributed by atoms with Crippen molar-refractivity contribution in [2.45, 2.75) is 0 Å². The van der Waals surface area contributed by atoms with Crippen molar-refractivity contribution in [1.29, 1.82) is 5.26 Å². The minimum Gasteiger partial charge on any atom is -0.496 e. The molecule has 1 heterocycles. The Morgan fingerprint density at radius 1 is 1.28 bits per heavy atom. The number of benzene rings is 1. The van der Waals surface area contributed by atoms with Gasteiger partial charge in [-0.15, -0.1) is 0 Å². The smallest absolute Gasteiger partial charge is 0.153 e. The van der Waals surface area contributed by atoms with Gasteiger partial charge in [0.15, 0.2) is 6.29 Å². The Labute approximate surface area is 104 Å². The summed E-state index contributed by atoms with van der Waals surface area (Å²) in [5.41, 5.74) is 2.57. The van der Waals surface area contributed by atoms with Gasteiger partial charge in [0, 0.05) is 18.0 Å². The Morgan fingerprint density at radius 3 is 2.78 bits per heavy atom. The summed E-state index contributed by atoms with van der Waals surface area (Å²) in [5.74, 6) is 0.526. The van der Waals surface area contributed by atoms with Crippen molar-refractivity contribution in [1.82, 2.24) is 4.98 Å². The van der Waals surface area contributed by atoms with E-state index in [0.29, 0.717) is 16.9 Å². The lowest BCUT2D eigenvalue weighted by atomic mass is 10.0. The molecule has 1 aromatic carbocycles. The summed E-state index contributed by atoms with van der Waals surface area (Å²) in [6.45, 7) is 0. The van der Waals surface area contributed by atoms with Gasteiger partial charge in [-0.05, 0) is 23.8 Å². The summed E-state index contributed by atoms with van der Waals surface area (Å²) >= 11 is 0. The summed E-state index contributed by atoms with van der Waals surface area (Å²) in [6, 6.07) is 9.01. The fourth-order valence-corrected chi connectivity index (χ4v) is 1.66. The average molecular weight is 238 g/mol. The lowest BCUT2D eigenvalue weighted by Gasteiger charge is -2.06. The fraction of sp³-hybridized carbons (Fsp3) is 0.0714. The van der Waals surface area contributed by atoms with Crippen molar-refractivity contribution in [3.63, 3.8) is 0 Å². The van der Waals surface area contributed by atoms with E-state index in [-0.39, 0.29) is 0 Å². The van der Waals surface area contributed by atoms with Gasteiger partial charge in [-0.3, -0.25) is 9.78 Å². The third kappa shape index (κ3) is 2.20. The number of nitriles is 1. The summed E-state index contributed by atoms with van der Waals surface area (Å²) in [7, 11) is 1.51. The van der Waals surface area contributed by atoms with Crippen molar-refractivity contribution in [3.05, 3.63) is 47.8 Å². The molecule has 0 unspecified atom stereocenters. The van der Waals surface area contributed by atoms with Gasteiger partial charge < -0.3 is 4.74 Å². The Balaban J connectivity index is 2.51. The number of ether oxygens (including phenoxy) is 1. The Morgan fingerprint density at radius 2 is 2.11 bits per heavy atom. The van der Waals surface area contributed by atoms with E-state index in [1.807, 2.05) is 12.1 Å². The molecule has 0 aliphatic heterocycles. The number of methoxy groups -OCH3 is 1. The Hall–Kier alpha value is -2.67. The number of rotatable bonds is 3. The molecule has 2 rings (SSSR count). The first-order valence-corrected chi connectivity index (χ1v) is 5.27. The minimum atomic E-state index is 0.470. The standard InChI is InChI=1S/C14H10N2O2/c1-18-14-3-2-11(5-13(14)9-17)12-4-10(6-15)7-16-8-12/h2-5,7-9H,1H3. The summed E-state index contributed by atoms with van der Waals surface area (Å²) < 4.78 is 5.07. The molecule has 18 heavy (non-hydrogen) atoms. The molecule has 1 aromatic heterocycles. The summed E-state index contributed by atoms with van der Waals surface area (Å²) in [4.78, 5) is 14.9. The van der Waals surface area contributed by atoms with E-state index in [0.717, 1.165) is 17.4 Å². The molecule has 0 fully saturated rings. The second kappa shape index (κ2) is 5.11. The maximum Gasteiger partial charge on any atom is 0.153 e. The van der Waals surface area contributed by atoms with Crippen LogP contribution < -0.4 is 4.74 Å². The van der Waals surface area contributed by atoms with Crippen LogP contribution in [0.2, 0.25) is 0 Å². The van der Waals surface area contributed by atoms with E-state index in [9.17, 15) is 4.79 Å². The maximum absolute atomic E-state index is 10.9. The number of pyridine rings is 1. The second-order valence-corrected chi connectivity index (χ2v) is 3.65. The number of aldehydes is 1. The number of hydrogen-bond donors (Lipinski definition) is 0. The van der Waals surface area contributed by atoms with E-state index < -0.39 is 0 Å². The van der Waals surface area contributed by atoms with Crippen LogP contribution in [0.3, 0.4) is 0 Å². The largest absolute Gasteiger partial charge is 0.496 e. The molecule has 0 saturated carbocycles. The van der Waals surface area contributed by atoms with Crippen LogP contribution in [0, 0.1) is 11.3 Å². The summed E-state index contributed by atoms with van der Waals surface area (Å²) in [6.07, 6.45) is 3.88. The molecule has 4 nitrogen and oxygen atoms in total. The second-order valence-electron chi connectivity index (χ2n) is 3.65. The Kier molecular flexibility index (Phi) is 3.35. The normalized spacial score (nSPS) is 9.56. The van der Waals surface area contributed by atoms with Gasteiger partial charge in [0.25, 0.3) is 0 Å². The molecular formula is C14H10N2O2. The van der Waals surface area contributed by atoms with Crippen molar-refractivity contribution in [2.75, 3.05) is 7.11 Å². The van der Waals surface area contributed by atoms with Crippen LogP contribution >= 0.6 is 0 Å². The van der Waals surface area contributed by atoms with E-state index in [4.69, 9.17) is 10.00 Å². The number of carbonyl (C=O) groups excluding carboxylic acids is 1. The van der Waals surface area contributed by atoms with Crippen molar-refractivity contribution < 1.29 is 9.53 Å². The van der Waals surface area contributed by atoms with Crippen LogP contribution in [0.15, 0.2) is 36.7 Å². The molecule has 2 aromatic rings. The predicted octanol–water partition coefficient (Wildman–Crippen LogP) is 2.44. The zero-order chi connectivity index (χ0) is 13.0. The van der Waals surface area contributed by atoms with E-state index in [1.54, 1.807) is 24.4 Å². The lowest BCUT2D eigenvalue weighted by molar-refractivity contribution is 0.112. The predicted molar refractivity (Wildman–Crippen MR) is 66.3 cm³/mol. The minimum absolute atomic E-state index is 0.470. The third-order valence-electron chi connectivity index (χ3n) is 2.56. The molecule has 0 N–H and O–H groups in total. The SMILES string of the molecule is COc1ccc(-c2cncc(C#N)c2)cc1C=O. The van der Waals surface area contributed by atoms with Crippen molar-refractivity contribution in [3.8, 4) is 22.9 Å². The van der Waals surface area contributed by atoms with Crippen molar-refractivity contribution in [2.24, 2.45) is 0 Å². The van der Waals surface area contributed by atoms with E-state index in [2.05, 4.69) is 4.98 Å². The molecule has 0 amide bonds. The van der Waals surface area contributed by atoms with Crippen LogP contribution in [-0.4, -0.2) is 18.4 Å². The van der Waals surface area contributed by atoms with Crippen LogP contribution in [0.5, 0.6) is 5.75 Å². The average Bonchev–Trinajstić information content (AvgIpc) is 2.46. The zero-order valence-electron chi connectivity index (χ0n) is 9.75. The Bertz CT molecular complexity index is 630. The zero-order valence-corrected chi connectivity index (χ0v) is 9.75. The molecule has 0 aliphatic rings. The third-order valence-corrected chi connectivity index (χ3v) is 2.56. The first-order valence-electron chi connectivity index (χ1n) is 5.27. The molecule has 88 valence electrons. The highest BCUT2D eigenvalue weighted by atomic mass is 16.5. The molecule has 0 bridgehead atoms. The van der Waals surface area contributed by atoms with E-state index in [1.165, 1.54) is 13.3 Å². The molecule has 0 atom stereocenters. The van der Waals surface area contributed by atoms with E-state index >= 15 is 0 Å². The fourth-order valence-electron chi connectivity index (χ4n) is 1.66. The van der Waals surface area contributed by atoms with Crippen LogP contribution in [0.25, 0.3) is 11.1 Å². The number of hydrogen-bond acceptors (Lipinski definition) is 4. The maximum atomic E-state index is 10.9. The molecule has 0 radical (unpaired) electrons. The molecule has 0 saturated heterocycles. The highest BCUT2D eigenvalue weighted by Crippen LogP contribution is 2.25. The first-order chi connectivity index (χ1) is 8.78. The topological polar surface area (TPSA) is 63.0 Å². The van der Waals surface area contributed by atoms with Gasteiger partial charge in [-0.25, -0.2) is 0 Å². The first kappa shape index (κ1) is 11.8. The molecule has 0 spiro atoms. The van der Waals surface area contributed by atoms with Crippen LogP contribution in [0.1, 0.15) is 15.9 Å². The van der Waals surface area contributed by atoms with Crippen molar-refractivity contribution >= 4 is 6.29 Å². The highest BCUT2D eigenvalue weighted by molar-refractivity contribution is 5.83. The number of aromatic nitrogens is 1. The van der Waals surface area contributed by atoms with Crippen LogP contribution in [0.4, 0.5) is 0 Å². The number of nitrogens with zero attached hydrogens (tertiary/aromatic N) is 2.